The van der Waals surface area contributed by atoms with Crippen LogP contribution in [0.5, 0.6) is 11.5 Å². The summed E-state index contributed by atoms with van der Waals surface area (Å²) in [5.41, 5.74) is 10.8. The largest absolute Gasteiger partial charge is 0.509 e. The molecule has 8 aromatic rings. The number of rotatable bonds is 7. The average molecular weight is 937 g/mol. The zero-order valence-corrected chi connectivity index (χ0v) is 35.9. The van der Waals surface area contributed by atoms with E-state index in [9.17, 15) is 0 Å². The first-order valence-electron chi connectivity index (χ1n) is 19.5. The molecule has 9 rings (SSSR count). The summed E-state index contributed by atoms with van der Waals surface area (Å²) in [6, 6.07) is 58.1. The van der Waals surface area contributed by atoms with Crippen molar-refractivity contribution in [2.45, 2.75) is 47.0 Å². The number of nitrogens with zero attached hydrogens (tertiary/aromatic N) is 4. The minimum absolute atomic E-state index is 0. The zero-order valence-electron chi connectivity index (χ0n) is 33.6. The fourth-order valence-electron chi connectivity index (χ4n) is 7.59. The summed E-state index contributed by atoms with van der Waals surface area (Å²) in [4.78, 5) is 9.29. The van der Waals surface area contributed by atoms with Gasteiger partial charge in [0.2, 0.25) is 0 Å². The number of pyridine rings is 1. The number of aromatic nitrogens is 2. The molecule has 6 heteroatoms. The number of benzene rings is 6. The number of allylic oxidation sites excluding steroid dienone is 1. The van der Waals surface area contributed by atoms with Crippen LogP contribution in [0.25, 0.3) is 49.9 Å². The van der Waals surface area contributed by atoms with Gasteiger partial charge in [-0.1, -0.05) is 126 Å². The predicted molar refractivity (Wildman–Crippen MR) is 236 cm³/mol. The SMILES string of the molecule is CC(C)(C)C1=CN(c2cc(-c3ccccc3)cc(-c3ccccc3)c2)[CH-]N1c1[c-]c(Oc2[c-]c3c(cc2)c2ccccc2n3-c2cc(C(C)(C)C)ccn2)ccc1.[Pt]. The van der Waals surface area contributed by atoms with Crippen molar-refractivity contribution in [3.8, 4) is 39.6 Å². The van der Waals surface area contributed by atoms with Crippen molar-refractivity contribution in [2.75, 3.05) is 9.80 Å². The first kappa shape index (κ1) is 38.9. The summed E-state index contributed by atoms with van der Waals surface area (Å²) in [5.74, 6) is 2.07. The van der Waals surface area contributed by atoms with Gasteiger partial charge in [-0.25, -0.2) is 4.98 Å². The normalized spacial score (nSPS) is 13.2. The maximum Gasteiger partial charge on any atom is 0.135 e. The number of anilines is 2. The van der Waals surface area contributed by atoms with Gasteiger partial charge in [-0.05, 0) is 81.2 Å². The summed E-state index contributed by atoms with van der Waals surface area (Å²) in [6.07, 6.45) is 4.14. The molecule has 292 valence electrons. The van der Waals surface area contributed by atoms with Gasteiger partial charge in [0, 0.05) is 61.1 Å². The van der Waals surface area contributed by atoms with E-state index in [1.807, 2.05) is 24.4 Å². The molecule has 0 fully saturated rings. The molecule has 58 heavy (non-hydrogen) atoms. The summed E-state index contributed by atoms with van der Waals surface area (Å²) >= 11 is 0. The quantitative estimate of drug-likeness (QED) is 0.149. The third-order valence-electron chi connectivity index (χ3n) is 10.6. The molecule has 0 unspecified atom stereocenters. The molecule has 0 spiro atoms. The van der Waals surface area contributed by atoms with Crippen LogP contribution in [0.1, 0.15) is 47.1 Å². The Morgan fingerprint density at radius 2 is 1.24 bits per heavy atom. The van der Waals surface area contributed by atoms with E-state index in [2.05, 4.69) is 208 Å². The molecular weight excluding hydrogens is 892 g/mol. The van der Waals surface area contributed by atoms with E-state index < -0.39 is 0 Å². The van der Waals surface area contributed by atoms with Crippen LogP contribution in [0.3, 0.4) is 0 Å². The standard InChI is InChI=1S/C52H45N4O.Pt/c1-51(2,3)40-26-27-53-50(31-40)56-47-23-14-13-22-45(47)46-25-24-44(33-48(46)56)57-43-21-15-20-41(32-43)55-35-54(34-49(55)52(4,5)6)42-29-38(36-16-9-7-10-17-36)28-39(30-42)37-18-11-8-12-19-37;/h7-31,34-35H,1-6H3;/q-3;. The van der Waals surface area contributed by atoms with Crippen LogP contribution in [-0.2, 0) is 26.5 Å². The van der Waals surface area contributed by atoms with Crippen LogP contribution in [0.2, 0.25) is 0 Å². The fraction of sp³-hybridized carbons (Fsp3) is 0.154. The minimum Gasteiger partial charge on any atom is -0.509 e. The van der Waals surface area contributed by atoms with Gasteiger partial charge in [-0.15, -0.1) is 48.1 Å². The molecule has 0 atom stereocenters. The van der Waals surface area contributed by atoms with Crippen molar-refractivity contribution in [3.63, 3.8) is 0 Å². The summed E-state index contributed by atoms with van der Waals surface area (Å²) in [5, 5.41) is 2.24. The minimum atomic E-state index is -0.167. The smallest absolute Gasteiger partial charge is 0.135 e. The van der Waals surface area contributed by atoms with Crippen molar-refractivity contribution in [1.82, 2.24) is 9.55 Å². The van der Waals surface area contributed by atoms with E-state index in [0.717, 1.165) is 55.8 Å². The van der Waals surface area contributed by atoms with Crippen LogP contribution in [0, 0.1) is 24.2 Å². The molecular formula is C52H45N4OPt-3. The van der Waals surface area contributed by atoms with Crippen LogP contribution in [0.15, 0.2) is 164 Å². The summed E-state index contributed by atoms with van der Waals surface area (Å²) in [7, 11) is 0. The van der Waals surface area contributed by atoms with Crippen molar-refractivity contribution in [3.05, 3.63) is 188 Å². The Labute approximate surface area is 356 Å². The van der Waals surface area contributed by atoms with Gasteiger partial charge < -0.3 is 19.1 Å². The number of hydrogen-bond acceptors (Lipinski definition) is 4. The predicted octanol–water partition coefficient (Wildman–Crippen LogP) is 13.5. The third kappa shape index (κ3) is 7.60. The first-order chi connectivity index (χ1) is 27.5. The van der Waals surface area contributed by atoms with Gasteiger partial charge in [0.1, 0.15) is 5.82 Å². The molecule has 0 saturated heterocycles. The first-order valence-corrected chi connectivity index (χ1v) is 19.5. The van der Waals surface area contributed by atoms with Crippen molar-refractivity contribution >= 4 is 33.2 Å². The Morgan fingerprint density at radius 3 is 1.91 bits per heavy atom. The maximum atomic E-state index is 6.59. The Kier molecular flexibility index (Phi) is 10.4. The van der Waals surface area contributed by atoms with Crippen LogP contribution >= 0.6 is 0 Å². The van der Waals surface area contributed by atoms with Gasteiger partial charge in [0.25, 0.3) is 0 Å². The molecule has 0 N–H and O–H groups in total. The van der Waals surface area contributed by atoms with Gasteiger partial charge in [0.05, 0.1) is 0 Å². The van der Waals surface area contributed by atoms with Crippen LogP contribution < -0.4 is 14.5 Å². The van der Waals surface area contributed by atoms with Crippen molar-refractivity contribution < 1.29 is 25.8 Å². The second-order valence-corrected chi connectivity index (χ2v) is 16.8. The van der Waals surface area contributed by atoms with Crippen molar-refractivity contribution in [1.29, 1.82) is 0 Å². The Bertz CT molecular complexity index is 2720. The Balaban J connectivity index is 0.00000469. The molecule has 0 saturated carbocycles. The molecule has 1 aliphatic rings. The van der Waals surface area contributed by atoms with E-state index >= 15 is 0 Å². The Morgan fingerprint density at radius 1 is 0.586 bits per heavy atom. The second-order valence-electron chi connectivity index (χ2n) is 16.8. The van der Waals surface area contributed by atoms with E-state index in [4.69, 9.17) is 9.72 Å². The molecule has 0 bridgehead atoms. The average Bonchev–Trinajstić information content (AvgIpc) is 3.82. The number of hydrogen-bond donors (Lipinski definition) is 0. The zero-order chi connectivity index (χ0) is 39.3. The van der Waals surface area contributed by atoms with E-state index in [-0.39, 0.29) is 31.9 Å². The molecule has 5 nitrogen and oxygen atoms in total. The fourth-order valence-corrected chi connectivity index (χ4v) is 7.59. The molecule has 2 aromatic heterocycles. The number of ether oxygens (including phenoxy) is 1. The van der Waals surface area contributed by atoms with Gasteiger partial charge in [-0.2, -0.15) is 12.1 Å². The monoisotopic (exact) mass is 936 g/mol. The second kappa shape index (κ2) is 15.5. The summed E-state index contributed by atoms with van der Waals surface area (Å²) < 4.78 is 8.79. The van der Waals surface area contributed by atoms with Gasteiger partial charge in [-0.3, -0.25) is 0 Å². The molecule has 0 radical (unpaired) electrons. The van der Waals surface area contributed by atoms with Crippen molar-refractivity contribution in [2.24, 2.45) is 5.41 Å². The number of fused-ring (bicyclic) bond motifs is 3. The van der Waals surface area contributed by atoms with E-state index in [0.29, 0.717) is 11.5 Å². The van der Waals surface area contributed by atoms with Crippen LogP contribution in [-0.4, -0.2) is 9.55 Å². The molecule has 1 aliphatic heterocycles. The van der Waals surface area contributed by atoms with Gasteiger partial charge >= 0.3 is 0 Å². The van der Waals surface area contributed by atoms with Gasteiger partial charge in [0.15, 0.2) is 0 Å². The molecule has 0 aliphatic carbocycles. The molecule has 6 aromatic carbocycles. The Hall–Kier alpha value is -5.90. The summed E-state index contributed by atoms with van der Waals surface area (Å²) in [6.45, 7) is 15.6. The molecule has 0 amide bonds. The maximum absolute atomic E-state index is 6.59. The molecule has 3 heterocycles. The van der Waals surface area contributed by atoms with E-state index in [1.165, 1.54) is 16.7 Å². The number of para-hydroxylation sites is 1. The third-order valence-corrected chi connectivity index (χ3v) is 10.6. The topological polar surface area (TPSA) is 33.5 Å². The van der Waals surface area contributed by atoms with Crippen LogP contribution in [0.4, 0.5) is 11.4 Å². The van der Waals surface area contributed by atoms with E-state index in [1.54, 1.807) is 0 Å².